The van der Waals surface area contributed by atoms with E-state index in [-0.39, 0.29) is 12.1 Å². The Bertz CT molecular complexity index is 823. The summed E-state index contributed by atoms with van der Waals surface area (Å²) in [7, 11) is 0. The first-order valence-electron chi connectivity index (χ1n) is 9.31. The van der Waals surface area contributed by atoms with Crippen molar-refractivity contribution in [2.24, 2.45) is 5.41 Å². The highest BCUT2D eigenvalue weighted by molar-refractivity contribution is 9.10. The van der Waals surface area contributed by atoms with Crippen LogP contribution in [0.1, 0.15) is 24.8 Å². The summed E-state index contributed by atoms with van der Waals surface area (Å²) in [5, 5.41) is 3.42. The summed E-state index contributed by atoms with van der Waals surface area (Å²) in [6.45, 7) is 1.77. The van der Waals surface area contributed by atoms with Gasteiger partial charge in [0.15, 0.2) is 0 Å². The third-order valence-electron chi connectivity index (χ3n) is 5.56. The van der Waals surface area contributed by atoms with E-state index in [4.69, 9.17) is 10.5 Å². The summed E-state index contributed by atoms with van der Waals surface area (Å²) in [6.07, 6.45) is 3.20. The number of nitrogens with one attached hydrogen (secondary N) is 1. The van der Waals surface area contributed by atoms with Gasteiger partial charge in [-0.1, -0.05) is 46.3 Å². The Balaban J connectivity index is 1.39. The van der Waals surface area contributed by atoms with E-state index in [1.54, 1.807) is 0 Å². The van der Waals surface area contributed by atoms with Crippen molar-refractivity contribution in [1.82, 2.24) is 4.90 Å². The first kappa shape index (κ1) is 18.2. The lowest BCUT2D eigenvalue weighted by molar-refractivity contribution is 0.0925. The van der Waals surface area contributed by atoms with Gasteiger partial charge in [0.1, 0.15) is 6.61 Å². The maximum absolute atomic E-state index is 12.7. The SMILES string of the molecule is Nc1ccc(Br)cc1NCC1CC2(CC2)CN1C(=O)OCc1ccccc1. The number of halogens is 1. The first-order valence-corrected chi connectivity index (χ1v) is 10.1. The van der Waals surface area contributed by atoms with Crippen molar-refractivity contribution < 1.29 is 9.53 Å². The van der Waals surface area contributed by atoms with Crippen LogP contribution in [0.2, 0.25) is 0 Å². The zero-order valence-corrected chi connectivity index (χ0v) is 16.7. The smallest absolute Gasteiger partial charge is 0.410 e. The summed E-state index contributed by atoms with van der Waals surface area (Å²) in [5.41, 5.74) is 8.96. The molecule has 5 nitrogen and oxygen atoms in total. The van der Waals surface area contributed by atoms with E-state index >= 15 is 0 Å². The summed E-state index contributed by atoms with van der Waals surface area (Å²) < 4.78 is 6.56. The molecule has 142 valence electrons. The zero-order valence-electron chi connectivity index (χ0n) is 15.2. The Morgan fingerprint density at radius 1 is 1.26 bits per heavy atom. The van der Waals surface area contributed by atoms with Crippen molar-refractivity contribution in [3.8, 4) is 0 Å². The molecule has 3 N–H and O–H groups in total. The zero-order chi connectivity index (χ0) is 18.9. The van der Waals surface area contributed by atoms with Crippen molar-refractivity contribution in [2.45, 2.75) is 31.9 Å². The Labute approximate surface area is 168 Å². The summed E-state index contributed by atoms with van der Waals surface area (Å²) in [4.78, 5) is 14.6. The molecule has 2 fully saturated rings. The van der Waals surface area contributed by atoms with Gasteiger partial charge in [-0.2, -0.15) is 0 Å². The predicted octanol–water partition coefficient (Wildman–Crippen LogP) is 4.63. The molecule has 1 unspecified atom stereocenters. The van der Waals surface area contributed by atoms with Crippen LogP contribution >= 0.6 is 15.9 Å². The molecule has 1 saturated carbocycles. The average molecular weight is 430 g/mol. The van der Waals surface area contributed by atoms with Gasteiger partial charge in [-0.15, -0.1) is 0 Å². The van der Waals surface area contributed by atoms with Crippen LogP contribution in [-0.4, -0.2) is 30.1 Å². The highest BCUT2D eigenvalue weighted by atomic mass is 79.9. The first-order chi connectivity index (χ1) is 13.0. The molecule has 2 aromatic rings. The van der Waals surface area contributed by atoms with Crippen molar-refractivity contribution in [3.63, 3.8) is 0 Å². The molecule has 6 heteroatoms. The maximum Gasteiger partial charge on any atom is 0.410 e. The van der Waals surface area contributed by atoms with Crippen LogP contribution in [0.15, 0.2) is 53.0 Å². The number of benzene rings is 2. The number of likely N-dealkylation sites (tertiary alicyclic amines) is 1. The molecule has 0 bridgehead atoms. The standard InChI is InChI=1S/C21H24BrN3O2/c22-16-6-7-18(23)19(10-16)24-12-17-11-21(8-9-21)14-25(17)20(26)27-13-15-4-2-1-3-5-15/h1-7,10,17,24H,8-9,11-14,23H2. The van der Waals surface area contributed by atoms with E-state index in [1.165, 1.54) is 12.8 Å². The quantitative estimate of drug-likeness (QED) is 0.679. The minimum atomic E-state index is -0.225. The lowest BCUT2D eigenvalue weighted by Crippen LogP contribution is -2.40. The number of nitrogens with two attached hydrogens (primary N) is 1. The van der Waals surface area contributed by atoms with Crippen LogP contribution < -0.4 is 11.1 Å². The van der Waals surface area contributed by atoms with Gasteiger partial charge in [-0.3, -0.25) is 0 Å². The average Bonchev–Trinajstić information content (AvgIpc) is 3.33. The number of carbonyl (C=O) groups excluding carboxylic acids is 1. The van der Waals surface area contributed by atoms with Crippen LogP contribution in [0.4, 0.5) is 16.2 Å². The molecule has 1 aliphatic carbocycles. The molecule has 2 aliphatic rings. The fourth-order valence-electron chi connectivity index (χ4n) is 3.81. The van der Waals surface area contributed by atoms with E-state index in [1.807, 2.05) is 53.4 Å². The monoisotopic (exact) mass is 429 g/mol. The van der Waals surface area contributed by atoms with Crippen molar-refractivity contribution in [2.75, 3.05) is 24.1 Å². The maximum atomic E-state index is 12.7. The van der Waals surface area contributed by atoms with E-state index in [2.05, 4.69) is 21.2 Å². The van der Waals surface area contributed by atoms with Crippen LogP contribution in [0.5, 0.6) is 0 Å². The van der Waals surface area contributed by atoms with E-state index in [9.17, 15) is 4.79 Å². The van der Waals surface area contributed by atoms with Crippen molar-refractivity contribution in [3.05, 3.63) is 58.6 Å². The molecular weight excluding hydrogens is 406 g/mol. The van der Waals surface area contributed by atoms with Crippen LogP contribution in [0.25, 0.3) is 0 Å². The second kappa shape index (κ2) is 7.43. The summed E-state index contributed by atoms with van der Waals surface area (Å²) in [6, 6.07) is 15.7. The molecule has 1 saturated heterocycles. The Hall–Kier alpha value is -2.21. The molecular formula is C21H24BrN3O2. The second-order valence-electron chi connectivity index (χ2n) is 7.64. The molecule has 27 heavy (non-hydrogen) atoms. The Kier molecular flexibility index (Phi) is 5.00. The van der Waals surface area contributed by atoms with E-state index in [0.717, 1.165) is 28.7 Å². The number of nitrogen functional groups attached to an aromatic ring is 1. The van der Waals surface area contributed by atoms with Gasteiger partial charge in [0.05, 0.1) is 17.4 Å². The number of hydrogen-bond donors (Lipinski definition) is 2. The van der Waals surface area contributed by atoms with Crippen LogP contribution in [0, 0.1) is 5.41 Å². The van der Waals surface area contributed by atoms with Crippen molar-refractivity contribution >= 4 is 33.4 Å². The molecule has 0 aromatic heterocycles. The highest BCUT2D eigenvalue weighted by Gasteiger charge is 2.53. The molecule has 2 aromatic carbocycles. The largest absolute Gasteiger partial charge is 0.445 e. The predicted molar refractivity (Wildman–Crippen MR) is 110 cm³/mol. The number of carbonyl (C=O) groups is 1. The lowest BCUT2D eigenvalue weighted by atomic mass is 10.0. The van der Waals surface area contributed by atoms with Gasteiger partial charge < -0.3 is 20.7 Å². The fraction of sp³-hybridized carbons (Fsp3) is 0.381. The highest BCUT2D eigenvalue weighted by Crippen LogP contribution is 2.54. The molecule has 1 amide bonds. The van der Waals surface area contributed by atoms with Gasteiger partial charge in [0, 0.05) is 17.6 Å². The van der Waals surface area contributed by atoms with Gasteiger partial charge in [-0.25, -0.2) is 4.79 Å². The molecule has 1 aliphatic heterocycles. The molecule has 1 spiro atoms. The van der Waals surface area contributed by atoms with E-state index in [0.29, 0.717) is 24.3 Å². The lowest BCUT2D eigenvalue weighted by Gasteiger charge is -2.25. The number of amides is 1. The van der Waals surface area contributed by atoms with Crippen molar-refractivity contribution in [1.29, 1.82) is 0 Å². The van der Waals surface area contributed by atoms with Crippen LogP contribution in [0.3, 0.4) is 0 Å². The minimum absolute atomic E-state index is 0.120. The third-order valence-corrected chi connectivity index (χ3v) is 6.05. The molecule has 0 radical (unpaired) electrons. The number of nitrogens with zero attached hydrogens (tertiary/aromatic N) is 1. The fourth-order valence-corrected chi connectivity index (χ4v) is 4.17. The minimum Gasteiger partial charge on any atom is -0.445 e. The van der Waals surface area contributed by atoms with Gasteiger partial charge in [0.2, 0.25) is 0 Å². The summed E-state index contributed by atoms with van der Waals surface area (Å²) >= 11 is 3.48. The number of anilines is 2. The van der Waals surface area contributed by atoms with Gasteiger partial charge >= 0.3 is 6.09 Å². The number of rotatable bonds is 5. The molecule has 1 atom stereocenters. The number of hydrogen-bond acceptors (Lipinski definition) is 4. The summed E-state index contributed by atoms with van der Waals surface area (Å²) in [5.74, 6) is 0. The van der Waals surface area contributed by atoms with Gasteiger partial charge in [0.25, 0.3) is 0 Å². The Morgan fingerprint density at radius 3 is 2.78 bits per heavy atom. The van der Waals surface area contributed by atoms with Crippen LogP contribution in [-0.2, 0) is 11.3 Å². The number of ether oxygens (including phenoxy) is 1. The third kappa shape index (κ3) is 4.21. The normalized spacial score (nSPS) is 19.9. The topological polar surface area (TPSA) is 67.6 Å². The Morgan fingerprint density at radius 2 is 2.04 bits per heavy atom. The van der Waals surface area contributed by atoms with Gasteiger partial charge in [-0.05, 0) is 48.4 Å². The van der Waals surface area contributed by atoms with E-state index < -0.39 is 0 Å². The molecule has 1 heterocycles. The second-order valence-corrected chi connectivity index (χ2v) is 8.55. The molecule has 4 rings (SSSR count).